The summed E-state index contributed by atoms with van der Waals surface area (Å²) >= 11 is 0. The summed E-state index contributed by atoms with van der Waals surface area (Å²) in [4.78, 5) is 11.0. The predicted octanol–water partition coefficient (Wildman–Crippen LogP) is 2.77. The SMILES string of the molecule is C=CCNc1nccc(N2CCc3ccccc32)n1. The van der Waals surface area contributed by atoms with Gasteiger partial charge in [-0.1, -0.05) is 24.3 Å². The summed E-state index contributed by atoms with van der Waals surface area (Å²) < 4.78 is 0. The molecule has 1 aliphatic rings. The van der Waals surface area contributed by atoms with Crippen LogP contribution in [0.5, 0.6) is 0 Å². The van der Waals surface area contributed by atoms with Crippen molar-refractivity contribution >= 4 is 17.5 Å². The highest BCUT2D eigenvalue weighted by atomic mass is 15.2. The summed E-state index contributed by atoms with van der Waals surface area (Å²) in [6.45, 7) is 5.31. The van der Waals surface area contributed by atoms with Crippen LogP contribution in [0.4, 0.5) is 17.5 Å². The molecule has 2 heterocycles. The Balaban J connectivity index is 1.89. The Morgan fingerprint density at radius 2 is 2.21 bits per heavy atom. The Labute approximate surface area is 112 Å². The lowest BCUT2D eigenvalue weighted by Gasteiger charge is -2.18. The van der Waals surface area contributed by atoms with Gasteiger partial charge in [0.15, 0.2) is 0 Å². The quantitative estimate of drug-likeness (QED) is 0.849. The highest BCUT2D eigenvalue weighted by Gasteiger charge is 2.20. The molecule has 1 aliphatic heterocycles. The Kier molecular flexibility index (Phi) is 3.14. The average Bonchev–Trinajstić information content (AvgIpc) is 2.89. The zero-order valence-corrected chi connectivity index (χ0v) is 10.7. The van der Waals surface area contributed by atoms with Crippen LogP contribution in [-0.2, 0) is 6.42 Å². The zero-order chi connectivity index (χ0) is 13.1. The largest absolute Gasteiger partial charge is 0.351 e. The standard InChI is InChI=1S/C15H16N4/c1-2-9-16-15-17-10-7-14(18-15)19-11-8-12-5-3-4-6-13(12)19/h2-7,10H,1,8-9,11H2,(H,16,17,18). The Hall–Kier alpha value is -2.36. The van der Waals surface area contributed by atoms with Crippen LogP contribution in [0.2, 0.25) is 0 Å². The van der Waals surface area contributed by atoms with E-state index in [1.165, 1.54) is 11.3 Å². The van der Waals surface area contributed by atoms with Crippen LogP contribution < -0.4 is 10.2 Å². The van der Waals surface area contributed by atoms with Gasteiger partial charge in [-0.2, -0.15) is 4.98 Å². The van der Waals surface area contributed by atoms with Crippen LogP contribution in [0.25, 0.3) is 0 Å². The lowest BCUT2D eigenvalue weighted by Crippen LogP contribution is -2.16. The van der Waals surface area contributed by atoms with E-state index in [9.17, 15) is 0 Å². The molecule has 1 aromatic heterocycles. The second-order valence-corrected chi connectivity index (χ2v) is 4.44. The molecule has 0 atom stereocenters. The lowest BCUT2D eigenvalue weighted by atomic mass is 10.2. The number of anilines is 3. The molecule has 0 saturated carbocycles. The second-order valence-electron chi connectivity index (χ2n) is 4.44. The lowest BCUT2D eigenvalue weighted by molar-refractivity contribution is 0.963. The Morgan fingerprint density at radius 1 is 1.32 bits per heavy atom. The highest BCUT2D eigenvalue weighted by Crippen LogP contribution is 2.33. The molecule has 0 fully saturated rings. The molecule has 3 rings (SSSR count). The summed E-state index contributed by atoms with van der Waals surface area (Å²) in [6.07, 6.45) is 4.64. The molecule has 4 heteroatoms. The average molecular weight is 252 g/mol. The van der Waals surface area contributed by atoms with Gasteiger partial charge in [-0.25, -0.2) is 4.98 Å². The van der Waals surface area contributed by atoms with Crippen molar-refractivity contribution in [3.05, 3.63) is 54.7 Å². The minimum Gasteiger partial charge on any atom is -0.351 e. The fraction of sp³-hybridized carbons (Fsp3) is 0.200. The maximum absolute atomic E-state index is 4.55. The van der Waals surface area contributed by atoms with E-state index < -0.39 is 0 Å². The van der Waals surface area contributed by atoms with Crippen LogP contribution >= 0.6 is 0 Å². The second kappa shape index (κ2) is 5.10. The summed E-state index contributed by atoms with van der Waals surface area (Å²) in [5.41, 5.74) is 2.62. The van der Waals surface area contributed by atoms with Gasteiger partial charge in [0.05, 0.1) is 0 Å². The molecule has 96 valence electrons. The smallest absolute Gasteiger partial charge is 0.224 e. The first-order valence-corrected chi connectivity index (χ1v) is 6.42. The van der Waals surface area contributed by atoms with Crippen molar-refractivity contribution in [3.8, 4) is 0 Å². The van der Waals surface area contributed by atoms with E-state index in [-0.39, 0.29) is 0 Å². The van der Waals surface area contributed by atoms with Crippen LogP contribution in [0, 0.1) is 0 Å². The summed E-state index contributed by atoms with van der Waals surface area (Å²) in [5.74, 6) is 1.58. The number of hydrogen-bond acceptors (Lipinski definition) is 4. The van der Waals surface area contributed by atoms with Gasteiger partial charge in [-0.05, 0) is 24.1 Å². The summed E-state index contributed by atoms with van der Waals surface area (Å²) in [5, 5.41) is 3.12. The van der Waals surface area contributed by atoms with E-state index in [1.54, 1.807) is 12.3 Å². The normalized spacial score (nSPS) is 13.2. The van der Waals surface area contributed by atoms with E-state index in [0.717, 1.165) is 18.8 Å². The molecule has 1 N–H and O–H groups in total. The van der Waals surface area contributed by atoms with E-state index in [0.29, 0.717) is 12.5 Å². The Bertz CT molecular complexity index is 594. The molecule has 0 amide bonds. The minimum atomic E-state index is 0.641. The number of para-hydroxylation sites is 1. The summed E-state index contributed by atoms with van der Waals surface area (Å²) in [6, 6.07) is 10.4. The maximum Gasteiger partial charge on any atom is 0.224 e. The van der Waals surface area contributed by atoms with E-state index in [4.69, 9.17) is 0 Å². The monoisotopic (exact) mass is 252 g/mol. The number of rotatable bonds is 4. The van der Waals surface area contributed by atoms with Crippen LogP contribution in [-0.4, -0.2) is 23.1 Å². The molecular formula is C15H16N4. The van der Waals surface area contributed by atoms with Crippen molar-refractivity contribution in [1.29, 1.82) is 0 Å². The van der Waals surface area contributed by atoms with Crippen molar-refractivity contribution in [2.24, 2.45) is 0 Å². The van der Waals surface area contributed by atoms with Gasteiger partial charge >= 0.3 is 0 Å². The van der Waals surface area contributed by atoms with Crippen molar-refractivity contribution in [2.45, 2.75) is 6.42 Å². The van der Waals surface area contributed by atoms with Gasteiger partial charge in [-0.15, -0.1) is 6.58 Å². The molecule has 2 aromatic rings. The van der Waals surface area contributed by atoms with E-state index >= 15 is 0 Å². The third-order valence-corrected chi connectivity index (χ3v) is 3.21. The van der Waals surface area contributed by atoms with Crippen molar-refractivity contribution in [3.63, 3.8) is 0 Å². The van der Waals surface area contributed by atoms with E-state index in [1.807, 2.05) is 6.07 Å². The topological polar surface area (TPSA) is 41.1 Å². The van der Waals surface area contributed by atoms with Crippen LogP contribution in [0.15, 0.2) is 49.2 Å². The molecule has 1 aromatic carbocycles. The number of benzene rings is 1. The first-order valence-electron chi connectivity index (χ1n) is 6.42. The molecule has 0 spiro atoms. The van der Waals surface area contributed by atoms with Gasteiger partial charge in [0.25, 0.3) is 0 Å². The van der Waals surface area contributed by atoms with Crippen LogP contribution in [0.3, 0.4) is 0 Å². The minimum absolute atomic E-state index is 0.641. The molecule has 0 bridgehead atoms. The fourth-order valence-electron chi connectivity index (χ4n) is 2.32. The molecular weight excluding hydrogens is 236 g/mol. The van der Waals surface area contributed by atoms with Gasteiger partial charge in [0.2, 0.25) is 5.95 Å². The molecule has 0 radical (unpaired) electrons. The van der Waals surface area contributed by atoms with Crippen molar-refractivity contribution in [2.75, 3.05) is 23.3 Å². The van der Waals surface area contributed by atoms with Crippen LogP contribution in [0.1, 0.15) is 5.56 Å². The number of nitrogens with zero attached hydrogens (tertiary/aromatic N) is 3. The van der Waals surface area contributed by atoms with E-state index in [2.05, 4.69) is 51.0 Å². The van der Waals surface area contributed by atoms with Gasteiger partial charge in [-0.3, -0.25) is 0 Å². The number of fused-ring (bicyclic) bond motifs is 1. The van der Waals surface area contributed by atoms with Crippen molar-refractivity contribution < 1.29 is 0 Å². The third kappa shape index (κ3) is 2.29. The highest BCUT2D eigenvalue weighted by molar-refractivity contribution is 5.67. The Morgan fingerprint density at radius 3 is 3.11 bits per heavy atom. The summed E-state index contributed by atoms with van der Waals surface area (Å²) in [7, 11) is 0. The predicted molar refractivity (Wildman–Crippen MR) is 77.9 cm³/mol. The number of aromatic nitrogens is 2. The molecule has 0 unspecified atom stereocenters. The molecule has 0 aliphatic carbocycles. The fourth-order valence-corrected chi connectivity index (χ4v) is 2.32. The van der Waals surface area contributed by atoms with Gasteiger partial charge in [0, 0.05) is 25.0 Å². The zero-order valence-electron chi connectivity index (χ0n) is 10.7. The number of hydrogen-bond donors (Lipinski definition) is 1. The third-order valence-electron chi connectivity index (χ3n) is 3.21. The van der Waals surface area contributed by atoms with Crippen molar-refractivity contribution in [1.82, 2.24) is 9.97 Å². The first kappa shape index (κ1) is 11.7. The molecule has 0 saturated heterocycles. The number of nitrogens with one attached hydrogen (secondary N) is 1. The van der Waals surface area contributed by atoms with Gasteiger partial charge in [0.1, 0.15) is 5.82 Å². The molecule has 4 nitrogen and oxygen atoms in total. The maximum atomic E-state index is 4.55. The molecule has 19 heavy (non-hydrogen) atoms. The van der Waals surface area contributed by atoms with Gasteiger partial charge < -0.3 is 10.2 Å². The first-order chi connectivity index (χ1) is 9.38.